The molecule has 0 radical (unpaired) electrons. The van der Waals surface area contributed by atoms with Crippen LogP contribution in [0.25, 0.3) is 16.6 Å². The number of rotatable bonds is 2. The number of aromatic nitrogens is 1. The predicted octanol–water partition coefficient (Wildman–Crippen LogP) is 2.80. The van der Waals surface area contributed by atoms with Crippen molar-refractivity contribution in [3.05, 3.63) is 65.4 Å². The van der Waals surface area contributed by atoms with Crippen molar-refractivity contribution in [3.8, 4) is 5.69 Å². The second-order valence-corrected chi connectivity index (χ2v) is 5.55. The van der Waals surface area contributed by atoms with E-state index in [1.807, 2.05) is 29.0 Å². The van der Waals surface area contributed by atoms with Crippen molar-refractivity contribution < 1.29 is 9.53 Å². The number of para-hydroxylation sites is 1. The molecule has 4 nitrogen and oxygen atoms in total. The fraction of sp³-hybridized carbons (Fsp3) is 0.167. The van der Waals surface area contributed by atoms with Gasteiger partial charge in [-0.1, -0.05) is 18.2 Å². The summed E-state index contributed by atoms with van der Waals surface area (Å²) in [5.74, 6) is -0.410. The smallest absolute Gasteiger partial charge is 0.250 e. The summed E-state index contributed by atoms with van der Waals surface area (Å²) in [4.78, 5) is 11.7. The molecule has 0 saturated carbocycles. The van der Waals surface area contributed by atoms with Gasteiger partial charge in [-0.25, -0.2) is 0 Å². The SMILES string of the molecule is NC(=O)c1cccc2ccn(-c3ccc4c(c3)COCC4)c12. The number of amides is 1. The molecule has 1 aliphatic heterocycles. The molecule has 0 saturated heterocycles. The van der Waals surface area contributed by atoms with Crippen molar-refractivity contribution in [2.75, 3.05) is 6.61 Å². The number of carbonyl (C=O) groups is 1. The Bertz CT molecular complexity index is 880. The van der Waals surface area contributed by atoms with Gasteiger partial charge in [0.05, 0.1) is 24.3 Å². The second-order valence-electron chi connectivity index (χ2n) is 5.55. The van der Waals surface area contributed by atoms with Crippen LogP contribution in [0.3, 0.4) is 0 Å². The van der Waals surface area contributed by atoms with Gasteiger partial charge in [0.25, 0.3) is 5.91 Å². The highest BCUT2D eigenvalue weighted by Crippen LogP contribution is 2.26. The number of hydrogen-bond donors (Lipinski definition) is 1. The van der Waals surface area contributed by atoms with Crippen LogP contribution in [0, 0.1) is 0 Å². The van der Waals surface area contributed by atoms with E-state index in [4.69, 9.17) is 10.5 Å². The lowest BCUT2D eigenvalue weighted by Gasteiger charge is -2.18. The molecule has 1 aliphatic rings. The molecule has 0 atom stereocenters. The Morgan fingerprint density at radius 2 is 2.05 bits per heavy atom. The first-order chi connectivity index (χ1) is 10.7. The van der Waals surface area contributed by atoms with Crippen LogP contribution in [0.1, 0.15) is 21.5 Å². The Hall–Kier alpha value is -2.59. The Balaban J connectivity index is 1.93. The van der Waals surface area contributed by atoms with E-state index in [2.05, 4.69) is 18.2 Å². The van der Waals surface area contributed by atoms with Gasteiger partial charge < -0.3 is 15.0 Å². The lowest BCUT2D eigenvalue weighted by molar-refractivity contribution is 0.100. The number of primary amides is 1. The Morgan fingerprint density at radius 1 is 1.14 bits per heavy atom. The molecule has 1 amide bonds. The number of hydrogen-bond acceptors (Lipinski definition) is 2. The van der Waals surface area contributed by atoms with E-state index in [0.29, 0.717) is 12.2 Å². The summed E-state index contributed by atoms with van der Waals surface area (Å²) in [7, 11) is 0. The van der Waals surface area contributed by atoms with Crippen molar-refractivity contribution >= 4 is 16.8 Å². The van der Waals surface area contributed by atoms with Crippen LogP contribution in [-0.4, -0.2) is 17.1 Å². The number of benzene rings is 2. The van der Waals surface area contributed by atoms with Crippen LogP contribution in [-0.2, 0) is 17.8 Å². The van der Waals surface area contributed by atoms with Crippen molar-refractivity contribution in [2.24, 2.45) is 5.73 Å². The molecule has 2 N–H and O–H groups in total. The van der Waals surface area contributed by atoms with Crippen LogP contribution in [0.5, 0.6) is 0 Å². The summed E-state index contributed by atoms with van der Waals surface area (Å²) in [5, 5.41) is 1.00. The van der Waals surface area contributed by atoms with E-state index in [9.17, 15) is 4.79 Å². The summed E-state index contributed by atoms with van der Waals surface area (Å²) in [6.45, 7) is 1.43. The fourth-order valence-electron chi connectivity index (χ4n) is 3.11. The highest BCUT2D eigenvalue weighted by molar-refractivity contribution is 6.05. The summed E-state index contributed by atoms with van der Waals surface area (Å²) in [6.07, 6.45) is 2.93. The molecule has 22 heavy (non-hydrogen) atoms. The zero-order valence-electron chi connectivity index (χ0n) is 12.1. The summed E-state index contributed by atoms with van der Waals surface area (Å²) in [6, 6.07) is 14.0. The van der Waals surface area contributed by atoms with Crippen molar-refractivity contribution in [1.29, 1.82) is 0 Å². The fourth-order valence-corrected chi connectivity index (χ4v) is 3.11. The molecule has 2 heterocycles. The van der Waals surface area contributed by atoms with Crippen LogP contribution < -0.4 is 5.73 Å². The molecule has 2 aromatic carbocycles. The number of carbonyl (C=O) groups excluding carboxylic acids is 1. The Labute approximate surface area is 128 Å². The molecule has 0 unspecified atom stereocenters. The van der Waals surface area contributed by atoms with Gasteiger partial charge >= 0.3 is 0 Å². The number of fused-ring (bicyclic) bond motifs is 2. The second kappa shape index (κ2) is 5.00. The van der Waals surface area contributed by atoms with E-state index in [0.717, 1.165) is 29.6 Å². The normalized spacial score (nSPS) is 14.0. The van der Waals surface area contributed by atoms with Gasteiger partial charge in [-0.2, -0.15) is 0 Å². The van der Waals surface area contributed by atoms with E-state index < -0.39 is 5.91 Å². The Morgan fingerprint density at radius 3 is 2.91 bits per heavy atom. The van der Waals surface area contributed by atoms with Crippen molar-refractivity contribution in [2.45, 2.75) is 13.0 Å². The average Bonchev–Trinajstić information content (AvgIpc) is 2.98. The van der Waals surface area contributed by atoms with Crippen molar-refractivity contribution in [1.82, 2.24) is 4.57 Å². The van der Waals surface area contributed by atoms with Gasteiger partial charge in [0.15, 0.2) is 0 Å². The van der Waals surface area contributed by atoms with E-state index >= 15 is 0 Å². The van der Waals surface area contributed by atoms with Crippen LogP contribution in [0.4, 0.5) is 0 Å². The average molecular weight is 292 g/mol. The molecule has 110 valence electrons. The standard InChI is InChI=1S/C18H16N2O2/c19-18(21)16-3-1-2-13-6-8-20(17(13)16)15-5-4-12-7-9-22-11-14(12)10-15/h1-6,8,10H,7,9,11H2,(H2,19,21). The molecule has 4 heteroatoms. The first-order valence-corrected chi connectivity index (χ1v) is 7.34. The maximum atomic E-state index is 11.7. The molecule has 0 fully saturated rings. The Kier molecular flexibility index (Phi) is 2.98. The van der Waals surface area contributed by atoms with Gasteiger partial charge in [-0.05, 0) is 41.8 Å². The topological polar surface area (TPSA) is 57.2 Å². The minimum Gasteiger partial charge on any atom is -0.376 e. The van der Waals surface area contributed by atoms with Crippen molar-refractivity contribution in [3.63, 3.8) is 0 Å². The number of nitrogens with two attached hydrogens (primary N) is 1. The molecule has 1 aromatic heterocycles. The third-order valence-electron chi connectivity index (χ3n) is 4.22. The first kappa shape index (κ1) is 13.1. The lowest BCUT2D eigenvalue weighted by atomic mass is 10.0. The van der Waals surface area contributed by atoms with Crippen LogP contribution in [0.2, 0.25) is 0 Å². The zero-order valence-corrected chi connectivity index (χ0v) is 12.1. The van der Waals surface area contributed by atoms with Gasteiger partial charge in [0, 0.05) is 17.3 Å². The molecule has 0 spiro atoms. The van der Waals surface area contributed by atoms with Crippen LogP contribution in [0.15, 0.2) is 48.7 Å². The highest BCUT2D eigenvalue weighted by atomic mass is 16.5. The molecule has 0 aliphatic carbocycles. The molecule has 0 bridgehead atoms. The maximum Gasteiger partial charge on any atom is 0.250 e. The third kappa shape index (κ3) is 2.00. The maximum absolute atomic E-state index is 11.7. The lowest BCUT2D eigenvalue weighted by Crippen LogP contribution is -2.13. The summed E-state index contributed by atoms with van der Waals surface area (Å²) in [5.41, 5.74) is 10.5. The monoisotopic (exact) mass is 292 g/mol. The number of ether oxygens (including phenoxy) is 1. The van der Waals surface area contributed by atoms with Crippen LogP contribution >= 0.6 is 0 Å². The quantitative estimate of drug-likeness (QED) is 0.789. The van der Waals surface area contributed by atoms with E-state index in [1.165, 1.54) is 11.1 Å². The zero-order chi connectivity index (χ0) is 15.1. The molecular weight excluding hydrogens is 276 g/mol. The molecular formula is C18H16N2O2. The molecule has 4 rings (SSSR count). The molecule has 3 aromatic rings. The highest BCUT2D eigenvalue weighted by Gasteiger charge is 2.14. The van der Waals surface area contributed by atoms with Gasteiger partial charge in [-0.3, -0.25) is 4.79 Å². The minimum absolute atomic E-state index is 0.410. The minimum atomic E-state index is -0.410. The largest absolute Gasteiger partial charge is 0.376 e. The van der Waals surface area contributed by atoms with Gasteiger partial charge in [-0.15, -0.1) is 0 Å². The third-order valence-corrected chi connectivity index (χ3v) is 4.22. The summed E-state index contributed by atoms with van der Waals surface area (Å²) >= 11 is 0. The van der Waals surface area contributed by atoms with E-state index in [-0.39, 0.29) is 0 Å². The van der Waals surface area contributed by atoms with Gasteiger partial charge in [0.2, 0.25) is 0 Å². The van der Waals surface area contributed by atoms with E-state index in [1.54, 1.807) is 6.07 Å². The number of nitrogens with zero attached hydrogens (tertiary/aromatic N) is 1. The van der Waals surface area contributed by atoms with Gasteiger partial charge in [0.1, 0.15) is 0 Å². The first-order valence-electron chi connectivity index (χ1n) is 7.34. The summed E-state index contributed by atoms with van der Waals surface area (Å²) < 4.78 is 7.55. The predicted molar refractivity (Wildman–Crippen MR) is 85.2 cm³/mol.